The molecule has 6 heteroatoms. The molecular formula is C25H34Cl2N2O2. The summed E-state index contributed by atoms with van der Waals surface area (Å²) >= 11 is 12.5. The molecule has 0 amide bonds. The first kappa shape index (κ1) is 23.1. The molecule has 4 nitrogen and oxygen atoms in total. The number of ether oxygens (including phenoxy) is 1. The minimum atomic E-state index is -0.655. The molecule has 1 heterocycles. The fraction of sp³-hybridized carbons (Fsp3) is 0.600. The van der Waals surface area contributed by atoms with Crippen molar-refractivity contribution in [2.45, 2.75) is 56.0 Å². The van der Waals surface area contributed by atoms with E-state index in [2.05, 4.69) is 28.4 Å². The van der Waals surface area contributed by atoms with Crippen molar-refractivity contribution in [1.82, 2.24) is 10.2 Å². The van der Waals surface area contributed by atoms with Crippen molar-refractivity contribution in [2.24, 2.45) is 0 Å². The standard InChI is InChI=1S/C25H34Cl2N2O2/c1-31-24-8-6-19(15-20(24)18-5-7-22(26)23(27)16-18)21(17-29-13-11-28-12-14-29)25(30)9-3-2-4-10-25/h6-8,15-16,18,21,28,30H,2-5,9-14,17H2,1H3. The fourth-order valence-electron chi connectivity index (χ4n) is 5.38. The zero-order chi connectivity index (χ0) is 21.8. The Hall–Kier alpha value is -1.04. The highest BCUT2D eigenvalue weighted by atomic mass is 35.5. The van der Waals surface area contributed by atoms with E-state index in [0.717, 1.165) is 76.1 Å². The number of hydrogen-bond acceptors (Lipinski definition) is 4. The summed E-state index contributed by atoms with van der Waals surface area (Å²) < 4.78 is 5.71. The highest BCUT2D eigenvalue weighted by Gasteiger charge is 2.40. The third kappa shape index (κ3) is 5.31. The third-order valence-corrected chi connectivity index (χ3v) is 7.98. The van der Waals surface area contributed by atoms with Gasteiger partial charge in [-0.3, -0.25) is 0 Å². The number of allylic oxidation sites excluding steroid dienone is 4. The maximum atomic E-state index is 11.8. The average Bonchev–Trinajstić information content (AvgIpc) is 2.80. The molecule has 1 saturated carbocycles. The van der Waals surface area contributed by atoms with Crippen LogP contribution in [0.4, 0.5) is 0 Å². The predicted octanol–water partition coefficient (Wildman–Crippen LogP) is 5.11. The van der Waals surface area contributed by atoms with Crippen LogP contribution in [-0.2, 0) is 0 Å². The molecule has 1 aliphatic heterocycles. The first-order chi connectivity index (χ1) is 15.0. The molecule has 170 valence electrons. The van der Waals surface area contributed by atoms with Crippen molar-refractivity contribution in [1.29, 1.82) is 0 Å². The quantitative estimate of drug-likeness (QED) is 0.613. The first-order valence-electron chi connectivity index (χ1n) is 11.6. The van der Waals surface area contributed by atoms with Crippen molar-refractivity contribution < 1.29 is 9.84 Å². The van der Waals surface area contributed by atoms with E-state index in [4.69, 9.17) is 27.9 Å². The molecule has 1 saturated heterocycles. The highest BCUT2D eigenvalue weighted by Crippen LogP contribution is 2.44. The lowest BCUT2D eigenvalue weighted by atomic mass is 9.72. The Kier molecular flexibility index (Phi) is 7.66. The fourth-order valence-corrected chi connectivity index (χ4v) is 5.76. The average molecular weight is 465 g/mol. The summed E-state index contributed by atoms with van der Waals surface area (Å²) in [4.78, 5) is 2.50. The van der Waals surface area contributed by atoms with E-state index in [1.807, 2.05) is 12.2 Å². The number of methoxy groups -OCH3 is 1. The summed E-state index contributed by atoms with van der Waals surface area (Å²) in [6.07, 6.45) is 9.96. The minimum Gasteiger partial charge on any atom is -0.496 e. The normalized spacial score (nSPS) is 25.5. The SMILES string of the molecule is COc1ccc(C(CN2CCNCC2)C2(O)CCCCC2)cc1C1C=C(Cl)C(Cl)=CC1. The van der Waals surface area contributed by atoms with E-state index < -0.39 is 5.60 Å². The number of halogens is 2. The molecule has 2 atom stereocenters. The van der Waals surface area contributed by atoms with Crippen molar-refractivity contribution >= 4 is 23.2 Å². The zero-order valence-corrected chi connectivity index (χ0v) is 19.9. The number of nitrogens with zero attached hydrogens (tertiary/aromatic N) is 1. The first-order valence-corrected chi connectivity index (χ1v) is 12.3. The number of piperazine rings is 1. The Balaban J connectivity index is 1.68. The Morgan fingerprint density at radius 3 is 2.58 bits per heavy atom. The lowest BCUT2D eigenvalue weighted by Gasteiger charge is -2.43. The number of aliphatic hydroxyl groups is 1. The Labute approximate surface area is 196 Å². The van der Waals surface area contributed by atoms with E-state index in [1.165, 1.54) is 12.0 Å². The van der Waals surface area contributed by atoms with Crippen LogP contribution in [0.15, 0.2) is 40.4 Å². The number of rotatable bonds is 6. The summed E-state index contributed by atoms with van der Waals surface area (Å²) in [6, 6.07) is 6.46. The van der Waals surface area contributed by atoms with Crippen LogP contribution >= 0.6 is 23.2 Å². The van der Waals surface area contributed by atoms with Gasteiger partial charge < -0.3 is 20.1 Å². The van der Waals surface area contributed by atoms with Crippen molar-refractivity contribution in [3.05, 3.63) is 51.5 Å². The molecule has 3 aliphatic rings. The van der Waals surface area contributed by atoms with Gasteiger partial charge in [-0.15, -0.1) is 0 Å². The zero-order valence-electron chi connectivity index (χ0n) is 18.4. The summed E-state index contributed by atoms with van der Waals surface area (Å²) in [7, 11) is 1.71. The molecule has 0 bridgehead atoms. The molecule has 2 aliphatic carbocycles. The number of nitrogens with one attached hydrogen (secondary N) is 1. The molecule has 0 radical (unpaired) electrons. The molecule has 1 aromatic rings. The van der Waals surface area contributed by atoms with Gasteiger partial charge in [0.05, 0.1) is 22.8 Å². The molecule has 2 N–H and O–H groups in total. The summed E-state index contributed by atoms with van der Waals surface area (Å²) in [5.41, 5.74) is 1.66. The number of benzene rings is 1. The van der Waals surface area contributed by atoms with Gasteiger partial charge in [0.1, 0.15) is 5.75 Å². The lowest BCUT2D eigenvalue weighted by Crippen LogP contribution is -2.49. The predicted molar refractivity (Wildman–Crippen MR) is 128 cm³/mol. The Morgan fingerprint density at radius 1 is 1.16 bits per heavy atom. The van der Waals surface area contributed by atoms with E-state index in [0.29, 0.717) is 10.1 Å². The van der Waals surface area contributed by atoms with Crippen LogP contribution < -0.4 is 10.1 Å². The molecule has 0 aromatic heterocycles. The van der Waals surface area contributed by atoms with Gasteiger partial charge in [-0.25, -0.2) is 0 Å². The van der Waals surface area contributed by atoms with Gasteiger partial charge in [0, 0.05) is 50.1 Å². The summed E-state index contributed by atoms with van der Waals surface area (Å²) in [5.74, 6) is 1.06. The van der Waals surface area contributed by atoms with Gasteiger partial charge >= 0.3 is 0 Å². The number of hydrogen-bond donors (Lipinski definition) is 2. The van der Waals surface area contributed by atoms with Gasteiger partial charge in [0.25, 0.3) is 0 Å². The van der Waals surface area contributed by atoms with Crippen molar-refractivity contribution in [2.75, 3.05) is 39.8 Å². The van der Waals surface area contributed by atoms with Gasteiger partial charge in [0.2, 0.25) is 0 Å². The summed E-state index contributed by atoms with van der Waals surface area (Å²) in [5, 5.41) is 16.4. The molecule has 1 aromatic carbocycles. The van der Waals surface area contributed by atoms with Crippen LogP contribution in [0.2, 0.25) is 0 Å². The Bertz CT molecular complexity index is 827. The van der Waals surface area contributed by atoms with E-state index in [9.17, 15) is 5.11 Å². The van der Waals surface area contributed by atoms with Gasteiger partial charge in [-0.1, -0.05) is 66.7 Å². The summed E-state index contributed by atoms with van der Waals surface area (Å²) in [6.45, 7) is 4.96. The maximum absolute atomic E-state index is 11.8. The molecule has 2 unspecified atom stereocenters. The lowest BCUT2D eigenvalue weighted by molar-refractivity contribution is -0.0317. The molecule has 4 rings (SSSR count). The molecule has 31 heavy (non-hydrogen) atoms. The third-order valence-electron chi connectivity index (χ3n) is 7.20. The second-order valence-corrected chi connectivity index (χ2v) is 9.99. The molecular weight excluding hydrogens is 431 g/mol. The van der Waals surface area contributed by atoms with Crippen LogP contribution in [0.25, 0.3) is 0 Å². The highest BCUT2D eigenvalue weighted by molar-refractivity contribution is 6.44. The maximum Gasteiger partial charge on any atom is 0.122 e. The van der Waals surface area contributed by atoms with Crippen LogP contribution in [-0.4, -0.2) is 55.4 Å². The monoisotopic (exact) mass is 464 g/mol. The van der Waals surface area contributed by atoms with Crippen molar-refractivity contribution in [3.8, 4) is 5.75 Å². The van der Waals surface area contributed by atoms with E-state index in [-0.39, 0.29) is 11.8 Å². The van der Waals surface area contributed by atoms with Crippen molar-refractivity contribution in [3.63, 3.8) is 0 Å². The Morgan fingerprint density at radius 2 is 1.90 bits per heavy atom. The van der Waals surface area contributed by atoms with Crippen LogP contribution in [0.1, 0.15) is 61.5 Å². The van der Waals surface area contributed by atoms with Crippen LogP contribution in [0, 0.1) is 0 Å². The smallest absolute Gasteiger partial charge is 0.122 e. The second kappa shape index (κ2) is 10.3. The van der Waals surface area contributed by atoms with Gasteiger partial charge in [-0.2, -0.15) is 0 Å². The van der Waals surface area contributed by atoms with Crippen LogP contribution in [0.3, 0.4) is 0 Å². The van der Waals surface area contributed by atoms with Gasteiger partial charge in [0.15, 0.2) is 0 Å². The van der Waals surface area contributed by atoms with E-state index >= 15 is 0 Å². The van der Waals surface area contributed by atoms with E-state index in [1.54, 1.807) is 7.11 Å². The second-order valence-electron chi connectivity index (χ2n) is 9.18. The van der Waals surface area contributed by atoms with Crippen LogP contribution in [0.5, 0.6) is 5.75 Å². The topological polar surface area (TPSA) is 44.7 Å². The molecule has 2 fully saturated rings. The van der Waals surface area contributed by atoms with Gasteiger partial charge in [-0.05, 0) is 30.9 Å². The minimum absolute atomic E-state index is 0.0812. The molecule has 0 spiro atoms. The largest absolute Gasteiger partial charge is 0.496 e.